The zero-order valence-electron chi connectivity index (χ0n) is 19.4. The number of fused-ring (bicyclic) bond motifs is 3. The maximum atomic E-state index is 4.92. The summed E-state index contributed by atoms with van der Waals surface area (Å²) in [5.74, 6) is 2.14. The predicted octanol–water partition coefficient (Wildman–Crippen LogP) is 5.69. The van der Waals surface area contributed by atoms with Crippen LogP contribution < -0.4 is 0 Å². The van der Waals surface area contributed by atoms with Crippen LogP contribution in [0.3, 0.4) is 0 Å². The quantitative estimate of drug-likeness (QED) is 0.333. The molecule has 0 unspecified atom stereocenters. The van der Waals surface area contributed by atoms with Crippen molar-refractivity contribution in [2.75, 3.05) is 0 Å². The molecule has 0 N–H and O–H groups in total. The van der Waals surface area contributed by atoms with Crippen LogP contribution in [0.1, 0.15) is 17.7 Å². The van der Waals surface area contributed by atoms with E-state index in [2.05, 4.69) is 73.3 Å². The van der Waals surface area contributed by atoms with E-state index in [1.165, 1.54) is 22.2 Å². The topological polar surface area (TPSA) is 74.3 Å². The monoisotopic (exact) mass is 467 g/mol. The number of para-hydroxylation sites is 1. The molecule has 1 aliphatic carbocycles. The molecule has 0 aliphatic heterocycles. The second-order valence-corrected chi connectivity index (χ2v) is 8.64. The number of hydrogen-bond donors (Lipinski definition) is 0. The number of aryl methyl sites for hydroxylation is 1. The van der Waals surface area contributed by atoms with Gasteiger partial charge in [-0.15, -0.1) is 10.2 Å². The van der Waals surface area contributed by atoms with Crippen molar-refractivity contribution < 1.29 is 0 Å². The normalized spacial score (nSPS) is 12.7. The lowest BCUT2D eigenvalue weighted by atomic mass is 10.0. The third-order valence-electron chi connectivity index (χ3n) is 6.53. The van der Waals surface area contributed by atoms with Crippen LogP contribution >= 0.6 is 0 Å². The fourth-order valence-electron chi connectivity index (χ4n) is 4.93. The van der Waals surface area contributed by atoms with E-state index in [-0.39, 0.29) is 0 Å². The third kappa shape index (κ3) is 3.25. The van der Waals surface area contributed by atoms with Crippen molar-refractivity contribution in [1.82, 2.24) is 34.3 Å². The Bertz CT molecular complexity index is 1660. The lowest BCUT2D eigenvalue weighted by Gasteiger charge is -2.13. The first kappa shape index (κ1) is 20.5. The van der Waals surface area contributed by atoms with Gasteiger partial charge < -0.3 is 0 Å². The summed E-state index contributed by atoms with van der Waals surface area (Å²) in [6.45, 7) is 0. The molecule has 0 saturated carbocycles. The standard InChI is InChI=1S/C29H21N7/c1-3-13-25-21(9-1)22-10-2-4-14-26(22)36(25)27-16-15-20(19-32-27)35-28(23-11-5-7-17-30-23)33-34-29(35)24-12-6-8-18-31-24/h1,3-9,11-19H,2,10H2. The van der Waals surface area contributed by atoms with Gasteiger partial charge in [0.1, 0.15) is 17.2 Å². The summed E-state index contributed by atoms with van der Waals surface area (Å²) in [5, 5.41) is 10.2. The van der Waals surface area contributed by atoms with Gasteiger partial charge in [-0.1, -0.05) is 36.4 Å². The Morgan fingerprint density at radius 1 is 0.667 bits per heavy atom. The summed E-state index contributed by atoms with van der Waals surface area (Å²) in [6.07, 6.45) is 11.9. The Morgan fingerprint density at radius 2 is 1.39 bits per heavy atom. The SMILES string of the molecule is C1=Cc2c(c3ccccc3n2-c2ccc(-n3c(-c4ccccn4)nnc3-c3ccccn3)cn2)CC1. The number of pyridine rings is 3. The molecule has 7 heteroatoms. The fourth-order valence-corrected chi connectivity index (χ4v) is 4.93. The predicted molar refractivity (Wildman–Crippen MR) is 140 cm³/mol. The van der Waals surface area contributed by atoms with Gasteiger partial charge in [0.2, 0.25) is 0 Å². The molecule has 1 aliphatic rings. The third-order valence-corrected chi connectivity index (χ3v) is 6.53. The number of aromatic nitrogens is 7. The molecule has 0 atom stereocenters. The van der Waals surface area contributed by atoms with Gasteiger partial charge in [0.15, 0.2) is 11.6 Å². The Balaban J connectivity index is 1.39. The first-order chi connectivity index (χ1) is 17.9. The average Bonchev–Trinajstić information content (AvgIpc) is 3.54. The van der Waals surface area contributed by atoms with Gasteiger partial charge in [0.25, 0.3) is 0 Å². The van der Waals surface area contributed by atoms with E-state index in [0.29, 0.717) is 11.6 Å². The summed E-state index contributed by atoms with van der Waals surface area (Å²) in [5.41, 5.74) is 6.05. The number of benzene rings is 1. The van der Waals surface area contributed by atoms with E-state index in [1.54, 1.807) is 12.4 Å². The van der Waals surface area contributed by atoms with Crippen molar-refractivity contribution in [1.29, 1.82) is 0 Å². The van der Waals surface area contributed by atoms with Crippen molar-refractivity contribution >= 4 is 17.0 Å². The van der Waals surface area contributed by atoms with Crippen LogP contribution in [0.4, 0.5) is 0 Å². The summed E-state index contributed by atoms with van der Waals surface area (Å²) in [7, 11) is 0. The van der Waals surface area contributed by atoms with Crippen LogP contribution in [0.25, 0.3) is 51.5 Å². The largest absolute Gasteiger partial charge is 0.294 e. The highest BCUT2D eigenvalue weighted by molar-refractivity contribution is 5.90. The first-order valence-electron chi connectivity index (χ1n) is 11.9. The number of hydrogen-bond acceptors (Lipinski definition) is 5. The van der Waals surface area contributed by atoms with Crippen molar-refractivity contribution in [2.45, 2.75) is 12.8 Å². The molecule has 0 saturated heterocycles. The maximum absolute atomic E-state index is 4.92. The van der Waals surface area contributed by atoms with E-state index in [1.807, 2.05) is 47.2 Å². The Labute approximate surface area is 207 Å². The summed E-state index contributed by atoms with van der Waals surface area (Å²) >= 11 is 0. The minimum Gasteiger partial charge on any atom is -0.294 e. The number of allylic oxidation sites excluding steroid dienone is 1. The zero-order valence-corrected chi connectivity index (χ0v) is 19.4. The van der Waals surface area contributed by atoms with Crippen molar-refractivity contribution in [3.63, 3.8) is 0 Å². The van der Waals surface area contributed by atoms with Crippen LogP contribution in [0, 0.1) is 0 Å². The molecule has 7 nitrogen and oxygen atoms in total. The van der Waals surface area contributed by atoms with Crippen molar-refractivity contribution in [3.8, 4) is 34.5 Å². The molecule has 6 aromatic rings. The highest BCUT2D eigenvalue weighted by atomic mass is 15.3. The van der Waals surface area contributed by atoms with Crippen LogP contribution in [0.15, 0.2) is 97.5 Å². The van der Waals surface area contributed by atoms with Crippen LogP contribution in [-0.4, -0.2) is 34.3 Å². The highest BCUT2D eigenvalue weighted by Crippen LogP contribution is 2.34. The van der Waals surface area contributed by atoms with Crippen molar-refractivity contribution in [3.05, 3.63) is 109 Å². The Morgan fingerprint density at radius 3 is 2.06 bits per heavy atom. The number of rotatable bonds is 4. The van der Waals surface area contributed by atoms with Gasteiger partial charge in [-0.2, -0.15) is 0 Å². The molecule has 5 heterocycles. The summed E-state index contributed by atoms with van der Waals surface area (Å²) in [6, 6.07) is 24.2. The lowest BCUT2D eigenvalue weighted by Crippen LogP contribution is -2.05. The fraction of sp³-hybridized carbons (Fsp3) is 0.0690. The molecule has 1 aromatic carbocycles. The van der Waals surface area contributed by atoms with Gasteiger partial charge >= 0.3 is 0 Å². The highest BCUT2D eigenvalue weighted by Gasteiger charge is 2.21. The Hall–Kier alpha value is -4.91. The Kier molecular flexibility index (Phi) is 4.77. The van der Waals surface area contributed by atoms with Gasteiger partial charge in [0.05, 0.1) is 23.1 Å². The second kappa shape index (κ2) is 8.39. The molecule has 172 valence electrons. The minimum atomic E-state index is 0.637. The second-order valence-electron chi connectivity index (χ2n) is 8.64. The van der Waals surface area contributed by atoms with E-state index < -0.39 is 0 Å². The molecular weight excluding hydrogens is 446 g/mol. The molecule has 0 fully saturated rings. The van der Waals surface area contributed by atoms with E-state index >= 15 is 0 Å². The van der Waals surface area contributed by atoms with Gasteiger partial charge in [0, 0.05) is 17.8 Å². The first-order valence-corrected chi connectivity index (χ1v) is 11.9. The smallest absolute Gasteiger partial charge is 0.187 e. The average molecular weight is 468 g/mol. The van der Waals surface area contributed by atoms with E-state index in [0.717, 1.165) is 35.7 Å². The number of nitrogens with zero attached hydrogens (tertiary/aromatic N) is 7. The molecule has 0 amide bonds. The molecule has 0 bridgehead atoms. The maximum Gasteiger partial charge on any atom is 0.187 e. The van der Waals surface area contributed by atoms with Gasteiger partial charge in [-0.25, -0.2) is 4.98 Å². The molecular formula is C29H21N7. The lowest BCUT2D eigenvalue weighted by molar-refractivity contribution is 0.946. The van der Waals surface area contributed by atoms with Crippen LogP contribution in [0.2, 0.25) is 0 Å². The van der Waals surface area contributed by atoms with Crippen LogP contribution in [0.5, 0.6) is 0 Å². The van der Waals surface area contributed by atoms with Crippen LogP contribution in [-0.2, 0) is 6.42 Å². The minimum absolute atomic E-state index is 0.637. The molecule has 0 spiro atoms. The van der Waals surface area contributed by atoms with E-state index in [9.17, 15) is 0 Å². The van der Waals surface area contributed by atoms with Crippen molar-refractivity contribution in [2.24, 2.45) is 0 Å². The summed E-state index contributed by atoms with van der Waals surface area (Å²) < 4.78 is 4.21. The molecule has 7 rings (SSSR count). The van der Waals surface area contributed by atoms with E-state index in [4.69, 9.17) is 4.98 Å². The molecule has 36 heavy (non-hydrogen) atoms. The van der Waals surface area contributed by atoms with Gasteiger partial charge in [-0.3, -0.25) is 19.1 Å². The molecule has 5 aromatic heterocycles. The van der Waals surface area contributed by atoms with Gasteiger partial charge in [-0.05, 0) is 66.9 Å². The zero-order chi connectivity index (χ0) is 23.9. The summed E-state index contributed by atoms with van der Waals surface area (Å²) in [4.78, 5) is 13.9. The molecule has 0 radical (unpaired) electrons.